The number of aromatic amines is 2. The second kappa shape index (κ2) is 10.5. The zero-order chi connectivity index (χ0) is 22.5. The molecule has 0 spiro atoms. The predicted molar refractivity (Wildman–Crippen MR) is 133 cm³/mol. The van der Waals surface area contributed by atoms with E-state index in [9.17, 15) is 9.59 Å². The van der Waals surface area contributed by atoms with Crippen molar-refractivity contribution >= 4 is 79.5 Å². The Bertz CT molecular complexity index is 1280. The molecule has 0 atom stereocenters. The number of thiazole rings is 2. The summed E-state index contributed by atoms with van der Waals surface area (Å²) in [7, 11) is 0. The summed E-state index contributed by atoms with van der Waals surface area (Å²) in [5.74, 6) is 0.536. The Balaban J connectivity index is 1.12. The molecule has 0 aliphatic carbocycles. The van der Waals surface area contributed by atoms with Crippen LogP contribution in [0.2, 0.25) is 0 Å². The molecule has 6 nitrogen and oxygen atoms in total. The van der Waals surface area contributed by atoms with Gasteiger partial charge in [-0.3, -0.25) is 9.59 Å². The fourth-order valence-electron chi connectivity index (χ4n) is 3.24. The number of H-pyrrole nitrogens is 2. The molecule has 32 heavy (non-hydrogen) atoms. The molecule has 0 fully saturated rings. The van der Waals surface area contributed by atoms with E-state index < -0.39 is 0 Å². The Morgan fingerprint density at radius 3 is 1.59 bits per heavy atom. The zero-order valence-electron chi connectivity index (χ0n) is 17.0. The number of nitrogens with one attached hydrogen (secondary N) is 2. The number of carbonyl (C=O) groups is 2. The first-order valence-corrected chi connectivity index (χ1v) is 12.6. The lowest BCUT2D eigenvalue weighted by Crippen LogP contribution is -2.08. The third-order valence-corrected chi connectivity index (χ3v) is 7.15. The molecule has 166 valence electrons. The molecule has 4 aromatic rings. The van der Waals surface area contributed by atoms with E-state index in [1.165, 1.54) is 22.7 Å². The summed E-state index contributed by atoms with van der Waals surface area (Å²) in [5, 5.41) is 0. The molecule has 2 aromatic heterocycles. The van der Waals surface area contributed by atoms with Crippen LogP contribution < -0.4 is 9.47 Å². The van der Waals surface area contributed by atoms with E-state index in [1.807, 2.05) is 24.3 Å². The fraction of sp³-hybridized carbons (Fsp3) is 0.273. The standard InChI is InChI=1S/C22H20N2O4S4/c25-19(27-13-7-9-15-17(11-13)31-21(29)23-15)5-3-1-2-4-6-20(26)28-14-8-10-16-18(12-14)32-22(30)24-16/h7-12H,1-6H2,(H,23,29)(H,24,30). The lowest BCUT2D eigenvalue weighted by atomic mass is 10.1. The van der Waals surface area contributed by atoms with Gasteiger partial charge < -0.3 is 19.4 Å². The van der Waals surface area contributed by atoms with Gasteiger partial charge in [-0.15, -0.1) is 22.7 Å². The molecule has 0 saturated heterocycles. The van der Waals surface area contributed by atoms with Crippen molar-refractivity contribution < 1.29 is 19.1 Å². The summed E-state index contributed by atoms with van der Waals surface area (Å²) in [6.45, 7) is 0. The van der Waals surface area contributed by atoms with Gasteiger partial charge in [-0.2, -0.15) is 0 Å². The minimum Gasteiger partial charge on any atom is -0.426 e. The number of ether oxygens (including phenoxy) is 2. The summed E-state index contributed by atoms with van der Waals surface area (Å²) < 4.78 is 14.1. The highest BCUT2D eigenvalue weighted by Crippen LogP contribution is 2.26. The van der Waals surface area contributed by atoms with Gasteiger partial charge in [0.25, 0.3) is 0 Å². The second-order valence-corrected chi connectivity index (χ2v) is 10.6. The van der Waals surface area contributed by atoms with Crippen molar-refractivity contribution in [3.8, 4) is 11.5 Å². The predicted octanol–water partition coefficient (Wildman–Crippen LogP) is 7.08. The van der Waals surface area contributed by atoms with Crippen LogP contribution in [-0.2, 0) is 9.59 Å². The smallest absolute Gasteiger partial charge is 0.311 e. The van der Waals surface area contributed by atoms with Gasteiger partial charge in [0.05, 0.1) is 20.4 Å². The molecule has 2 N–H and O–H groups in total. The number of benzene rings is 2. The first-order chi connectivity index (χ1) is 15.5. The molecule has 0 aliphatic heterocycles. The van der Waals surface area contributed by atoms with Gasteiger partial charge in [-0.1, -0.05) is 12.8 Å². The zero-order valence-corrected chi connectivity index (χ0v) is 20.2. The molecule has 2 heterocycles. The van der Waals surface area contributed by atoms with Gasteiger partial charge in [0.1, 0.15) is 11.5 Å². The lowest BCUT2D eigenvalue weighted by Gasteiger charge is -2.05. The SMILES string of the molecule is O=C(CCCCCCC(=O)Oc1ccc2[nH]c(=S)sc2c1)Oc1ccc2[nH]c(=S)sc2c1. The van der Waals surface area contributed by atoms with Crippen molar-refractivity contribution in [3.05, 3.63) is 44.3 Å². The van der Waals surface area contributed by atoms with Crippen LogP contribution in [-0.4, -0.2) is 21.9 Å². The van der Waals surface area contributed by atoms with Crippen molar-refractivity contribution in [1.29, 1.82) is 0 Å². The monoisotopic (exact) mass is 504 g/mol. The average molecular weight is 505 g/mol. The number of rotatable bonds is 9. The highest BCUT2D eigenvalue weighted by atomic mass is 32.2. The van der Waals surface area contributed by atoms with Crippen molar-refractivity contribution in [2.75, 3.05) is 0 Å². The van der Waals surface area contributed by atoms with Crippen molar-refractivity contribution in [2.45, 2.75) is 38.5 Å². The normalized spacial score (nSPS) is 11.1. The largest absolute Gasteiger partial charge is 0.426 e. The first kappa shape index (κ1) is 22.8. The van der Waals surface area contributed by atoms with E-state index in [4.69, 9.17) is 33.9 Å². The Morgan fingerprint density at radius 2 is 1.16 bits per heavy atom. The maximum Gasteiger partial charge on any atom is 0.311 e. The van der Waals surface area contributed by atoms with Gasteiger partial charge in [0, 0.05) is 25.0 Å². The quantitative estimate of drug-likeness (QED) is 0.110. The molecule has 0 unspecified atom stereocenters. The molecule has 0 bridgehead atoms. The van der Waals surface area contributed by atoms with E-state index in [0.29, 0.717) is 45.1 Å². The van der Waals surface area contributed by atoms with E-state index in [-0.39, 0.29) is 11.9 Å². The number of hydrogen-bond acceptors (Lipinski definition) is 8. The van der Waals surface area contributed by atoms with Crippen LogP contribution >= 0.6 is 47.1 Å². The van der Waals surface area contributed by atoms with Crippen molar-refractivity contribution in [1.82, 2.24) is 9.97 Å². The highest BCUT2D eigenvalue weighted by molar-refractivity contribution is 7.74. The fourth-order valence-corrected chi connectivity index (χ4v) is 5.52. The maximum absolute atomic E-state index is 12.1. The van der Waals surface area contributed by atoms with E-state index in [2.05, 4.69) is 9.97 Å². The van der Waals surface area contributed by atoms with Gasteiger partial charge in [-0.05, 0) is 61.5 Å². The second-order valence-electron chi connectivity index (χ2n) is 7.21. The minimum atomic E-state index is -0.258. The van der Waals surface area contributed by atoms with Gasteiger partial charge in [0.15, 0.2) is 7.91 Å². The number of carbonyl (C=O) groups excluding carboxylic acids is 2. The van der Waals surface area contributed by atoms with Crippen LogP contribution in [0.5, 0.6) is 11.5 Å². The lowest BCUT2D eigenvalue weighted by molar-refractivity contribution is -0.135. The summed E-state index contributed by atoms with van der Waals surface area (Å²) >= 11 is 13.1. The Kier molecular flexibility index (Phi) is 7.46. The molecule has 4 rings (SSSR count). The van der Waals surface area contributed by atoms with E-state index in [0.717, 1.165) is 33.3 Å². The number of fused-ring (bicyclic) bond motifs is 2. The summed E-state index contributed by atoms with van der Waals surface area (Å²) in [6.07, 6.45) is 3.81. The molecule has 0 radical (unpaired) electrons. The summed E-state index contributed by atoms with van der Waals surface area (Å²) in [5.41, 5.74) is 1.88. The number of aromatic nitrogens is 2. The maximum atomic E-state index is 12.1. The van der Waals surface area contributed by atoms with E-state index >= 15 is 0 Å². The van der Waals surface area contributed by atoms with Crippen LogP contribution in [0.1, 0.15) is 38.5 Å². The molecule has 0 aliphatic rings. The average Bonchev–Trinajstić information content (AvgIpc) is 3.30. The Hall–Kier alpha value is -2.40. The molecule has 0 amide bonds. The van der Waals surface area contributed by atoms with Crippen LogP contribution in [0.15, 0.2) is 36.4 Å². The van der Waals surface area contributed by atoms with Crippen molar-refractivity contribution in [3.63, 3.8) is 0 Å². The van der Waals surface area contributed by atoms with E-state index in [1.54, 1.807) is 12.1 Å². The minimum absolute atomic E-state index is 0.258. The third-order valence-electron chi connectivity index (χ3n) is 4.76. The van der Waals surface area contributed by atoms with Crippen LogP contribution in [0.25, 0.3) is 20.4 Å². The highest BCUT2D eigenvalue weighted by Gasteiger charge is 2.09. The first-order valence-electron chi connectivity index (χ1n) is 10.1. The van der Waals surface area contributed by atoms with Gasteiger partial charge >= 0.3 is 11.9 Å². The van der Waals surface area contributed by atoms with Crippen LogP contribution in [0, 0.1) is 7.91 Å². The van der Waals surface area contributed by atoms with Crippen molar-refractivity contribution in [2.24, 2.45) is 0 Å². The molecule has 10 heteroatoms. The van der Waals surface area contributed by atoms with Crippen LogP contribution in [0.3, 0.4) is 0 Å². The summed E-state index contributed by atoms with van der Waals surface area (Å²) in [4.78, 5) is 30.3. The van der Waals surface area contributed by atoms with Gasteiger partial charge in [-0.25, -0.2) is 0 Å². The Morgan fingerprint density at radius 1 is 0.719 bits per heavy atom. The topological polar surface area (TPSA) is 84.2 Å². The molecular weight excluding hydrogens is 485 g/mol. The number of esters is 2. The third kappa shape index (κ3) is 6.10. The molecule has 2 aromatic carbocycles. The number of hydrogen-bond donors (Lipinski definition) is 2. The molecular formula is C22H20N2O4S4. The van der Waals surface area contributed by atoms with Gasteiger partial charge in [0.2, 0.25) is 0 Å². The molecule has 0 saturated carbocycles. The van der Waals surface area contributed by atoms with Crippen LogP contribution in [0.4, 0.5) is 0 Å². The summed E-state index contributed by atoms with van der Waals surface area (Å²) in [6, 6.07) is 10.9. The Labute approximate surface area is 202 Å². The number of unbranched alkanes of at least 4 members (excludes halogenated alkanes) is 3.